The van der Waals surface area contributed by atoms with Crippen molar-refractivity contribution in [2.75, 3.05) is 4.90 Å². The molecule has 240 valence electrons. The summed E-state index contributed by atoms with van der Waals surface area (Å²) in [5.41, 5.74) is 13.0. The average molecular weight is 634 g/mol. The Kier molecular flexibility index (Phi) is 8.14. The van der Waals surface area contributed by atoms with Gasteiger partial charge < -0.3 is 4.90 Å². The van der Waals surface area contributed by atoms with Gasteiger partial charge in [-0.15, -0.1) is 0 Å². The molecule has 1 atom stereocenters. The van der Waals surface area contributed by atoms with E-state index in [2.05, 4.69) is 178 Å². The highest BCUT2D eigenvalue weighted by Gasteiger charge is 2.20. The monoisotopic (exact) mass is 633 g/mol. The smallest absolute Gasteiger partial charge is 0.0540 e. The van der Waals surface area contributed by atoms with Crippen molar-refractivity contribution >= 4 is 49.4 Å². The lowest BCUT2D eigenvalue weighted by molar-refractivity contribution is 0.622. The minimum atomic E-state index is 0.450. The summed E-state index contributed by atoms with van der Waals surface area (Å²) < 4.78 is 0. The van der Waals surface area contributed by atoms with Crippen LogP contribution in [0.5, 0.6) is 0 Å². The van der Waals surface area contributed by atoms with Crippen molar-refractivity contribution in [1.82, 2.24) is 0 Å². The first-order chi connectivity index (χ1) is 23.9. The average Bonchev–Trinajstić information content (AvgIpc) is 3.12. The Morgan fingerprint density at radius 1 is 0.449 bits per heavy atom. The van der Waals surface area contributed by atoms with Crippen LogP contribution in [0.2, 0.25) is 0 Å². The molecule has 8 rings (SSSR count). The molecule has 0 N–H and O–H groups in total. The largest absolute Gasteiger partial charge is 0.310 e. The Hall–Kier alpha value is -5.40. The molecule has 0 aliphatic carbocycles. The van der Waals surface area contributed by atoms with Crippen LogP contribution in [-0.4, -0.2) is 0 Å². The maximum atomic E-state index is 2.42. The highest BCUT2D eigenvalue weighted by molar-refractivity contribution is 6.26. The molecule has 0 amide bonds. The van der Waals surface area contributed by atoms with Gasteiger partial charge in [0.2, 0.25) is 0 Å². The van der Waals surface area contributed by atoms with Crippen LogP contribution in [0.15, 0.2) is 146 Å². The van der Waals surface area contributed by atoms with Crippen molar-refractivity contribution < 1.29 is 0 Å². The predicted molar refractivity (Wildman–Crippen MR) is 211 cm³/mol. The van der Waals surface area contributed by atoms with E-state index in [1.54, 1.807) is 0 Å². The Labute approximate surface area is 290 Å². The lowest BCUT2D eigenvalue weighted by atomic mass is 9.85. The van der Waals surface area contributed by atoms with Crippen LogP contribution in [0.25, 0.3) is 32.3 Å². The van der Waals surface area contributed by atoms with Crippen LogP contribution in [0.4, 0.5) is 17.1 Å². The molecule has 1 heteroatoms. The van der Waals surface area contributed by atoms with Crippen molar-refractivity contribution in [3.8, 4) is 0 Å². The molecule has 0 aromatic heterocycles. The molecule has 0 fully saturated rings. The number of anilines is 3. The van der Waals surface area contributed by atoms with Crippen molar-refractivity contribution in [2.45, 2.75) is 52.9 Å². The summed E-state index contributed by atoms with van der Waals surface area (Å²) in [6.45, 7) is 8.65. The third-order valence-electron chi connectivity index (χ3n) is 10.5. The minimum Gasteiger partial charge on any atom is -0.310 e. The molecule has 8 aromatic rings. The van der Waals surface area contributed by atoms with Gasteiger partial charge in [0.25, 0.3) is 0 Å². The fourth-order valence-corrected chi connectivity index (χ4v) is 7.64. The highest BCUT2D eigenvalue weighted by Crippen LogP contribution is 2.44. The first kappa shape index (κ1) is 30.9. The van der Waals surface area contributed by atoms with Crippen LogP contribution in [0.1, 0.15) is 51.3 Å². The Morgan fingerprint density at radius 2 is 0.918 bits per heavy atom. The third kappa shape index (κ3) is 6.07. The van der Waals surface area contributed by atoms with Gasteiger partial charge in [0.05, 0.1) is 5.69 Å². The number of aryl methyl sites for hydroxylation is 5. The number of hydrogen-bond acceptors (Lipinski definition) is 1. The molecule has 8 aromatic carbocycles. The molecule has 0 heterocycles. The maximum Gasteiger partial charge on any atom is 0.0540 e. The van der Waals surface area contributed by atoms with Gasteiger partial charge in [0.1, 0.15) is 0 Å². The topological polar surface area (TPSA) is 3.24 Å². The van der Waals surface area contributed by atoms with Crippen LogP contribution < -0.4 is 4.90 Å². The SMILES string of the molecule is Cc1ccc(CC(CCc2ccc3ccc4c(N(c5ccc(C)cc5)c5ccc(C)cc5)ccc5ccc2c3c54)c2ccc(C)cc2)cc1. The summed E-state index contributed by atoms with van der Waals surface area (Å²) in [6.07, 6.45) is 3.18. The van der Waals surface area contributed by atoms with E-state index in [9.17, 15) is 0 Å². The molecule has 0 saturated carbocycles. The molecule has 0 aliphatic heterocycles. The van der Waals surface area contributed by atoms with E-state index >= 15 is 0 Å². The fourth-order valence-electron chi connectivity index (χ4n) is 7.64. The zero-order chi connectivity index (χ0) is 33.5. The second kappa shape index (κ2) is 12.9. The van der Waals surface area contributed by atoms with E-state index in [0.717, 1.165) is 19.3 Å². The van der Waals surface area contributed by atoms with E-state index in [4.69, 9.17) is 0 Å². The van der Waals surface area contributed by atoms with Gasteiger partial charge in [-0.25, -0.2) is 0 Å². The van der Waals surface area contributed by atoms with Gasteiger partial charge in [-0.1, -0.05) is 138 Å². The highest BCUT2D eigenvalue weighted by atomic mass is 15.1. The summed E-state index contributed by atoms with van der Waals surface area (Å²) in [5.74, 6) is 0.450. The maximum absolute atomic E-state index is 2.42. The molecular formula is C48H43N. The lowest BCUT2D eigenvalue weighted by Gasteiger charge is -2.28. The Morgan fingerprint density at radius 3 is 1.51 bits per heavy atom. The van der Waals surface area contributed by atoms with Crippen LogP contribution in [0.3, 0.4) is 0 Å². The number of benzene rings is 8. The Bertz CT molecular complexity index is 2320. The fraction of sp³-hybridized carbons (Fsp3) is 0.167. The van der Waals surface area contributed by atoms with Gasteiger partial charge in [0.15, 0.2) is 0 Å². The van der Waals surface area contributed by atoms with E-state index < -0.39 is 0 Å². The Balaban J connectivity index is 1.22. The van der Waals surface area contributed by atoms with Crippen molar-refractivity contribution in [2.24, 2.45) is 0 Å². The summed E-state index contributed by atoms with van der Waals surface area (Å²) >= 11 is 0. The molecule has 0 bridgehead atoms. The second-order valence-corrected chi connectivity index (χ2v) is 14.1. The standard InChI is InChI=1S/C48H43N/c1-32-5-13-36(14-6-32)31-41(37-15-7-33(2)8-16-37)20-18-38-17-19-39-22-29-45-46(30-23-40-21-28-44(38)47(39)48(40)45)49(42-24-9-34(3)10-25-42)43-26-11-35(4)12-27-43/h5-17,19,21-30,41H,18,20,31H2,1-4H3. The van der Waals surface area contributed by atoms with Gasteiger partial charge in [-0.3, -0.25) is 0 Å². The molecule has 0 saturated heterocycles. The third-order valence-corrected chi connectivity index (χ3v) is 10.5. The lowest BCUT2D eigenvalue weighted by Crippen LogP contribution is -2.10. The van der Waals surface area contributed by atoms with Gasteiger partial charge in [-0.2, -0.15) is 0 Å². The predicted octanol–water partition coefficient (Wildman–Crippen LogP) is 13.2. The number of rotatable bonds is 9. The van der Waals surface area contributed by atoms with Crippen LogP contribution in [-0.2, 0) is 12.8 Å². The zero-order valence-electron chi connectivity index (χ0n) is 29.0. The summed E-state index contributed by atoms with van der Waals surface area (Å²) in [4.78, 5) is 2.42. The molecule has 0 spiro atoms. The summed E-state index contributed by atoms with van der Waals surface area (Å²) in [6, 6.07) is 54.8. The van der Waals surface area contributed by atoms with Gasteiger partial charge >= 0.3 is 0 Å². The van der Waals surface area contributed by atoms with Crippen LogP contribution in [0, 0.1) is 27.7 Å². The first-order valence-electron chi connectivity index (χ1n) is 17.7. The van der Waals surface area contributed by atoms with E-state index in [1.807, 2.05) is 0 Å². The molecule has 0 aliphatic rings. The molecule has 1 nitrogen and oxygen atoms in total. The van der Waals surface area contributed by atoms with E-state index in [1.165, 1.54) is 88.3 Å². The van der Waals surface area contributed by atoms with Gasteiger partial charge in [0, 0.05) is 16.8 Å². The first-order valence-corrected chi connectivity index (χ1v) is 17.7. The molecule has 1 unspecified atom stereocenters. The summed E-state index contributed by atoms with van der Waals surface area (Å²) in [7, 11) is 0. The van der Waals surface area contributed by atoms with Crippen molar-refractivity contribution in [1.29, 1.82) is 0 Å². The molecule has 49 heavy (non-hydrogen) atoms. The van der Waals surface area contributed by atoms with Gasteiger partial charge in [-0.05, 0) is 127 Å². The number of nitrogens with zero attached hydrogens (tertiary/aromatic N) is 1. The quantitative estimate of drug-likeness (QED) is 0.143. The normalized spacial score (nSPS) is 12.2. The molecular weight excluding hydrogens is 591 g/mol. The zero-order valence-corrected chi connectivity index (χ0v) is 29.0. The minimum absolute atomic E-state index is 0.450. The summed E-state index contributed by atoms with van der Waals surface area (Å²) in [5, 5.41) is 7.99. The van der Waals surface area contributed by atoms with Crippen LogP contribution >= 0.6 is 0 Å². The molecule has 0 radical (unpaired) electrons. The van der Waals surface area contributed by atoms with E-state index in [-0.39, 0.29) is 0 Å². The second-order valence-electron chi connectivity index (χ2n) is 14.1. The van der Waals surface area contributed by atoms with E-state index in [0.29, 0.717) is 5.92 Å². The number of hydrogen-bond donors (Lipinski definition) is 0. The van der Waals surface area contributed by atoms with Crippen molar-refractivity contribution in [3.05, 3.63) is 185 Å². The van der Waals surface area contributed by atoms with Crippen molar-refractivity contribution in [3.63, 3.8) is 0 Å².